The fourth-order valence-corrected chi connectivity index (χ4v) is 2.56. The van der Waals surface area contributed by atoms with Crippen LogP contribution < -0.4 is 0 Å². The third kappa shape index (κ3) is 2.48. The first-order chi connectivity index (χ1) is 8.65. The third-order valence-electron chi connectivity index (χ3n) is 3.57. The normalized spacial score (nSPS) is 10.7. The van der Waals surface area contributed by atoms with Crippen LogP contribution in [0.1, 0.15) is 36.1 Å². The number of hydrogen-bond acceptors (Lipinski definition) is 0. The zero-order valence-corrected chi connectivity index (χ0v) is 11.9. The van der Waals surface area contributed by atoms with Crippen LogP contribution in [-0.2, 0) is 12.8 Å². The molecular formula is C18H22. The molecule has 0 nitrogen and oxygen atoms in total. The standard InChI is InChI=1S/C18H22/c1-5-15-11-13(3)7-9-17(15)18-10-8-14(4)12-16(18)6-2/h7-12H,5-6H2,1-4H3. The predicted molar refractivity (Wildman–Crippen MR) is 80.1 cm³/mol. The van der Waals surface area contributed by atoms with Crippen molar-refractivity contribution in [2.45, 2.75) is 40.5 Å². The molecule has 0 spiro atoms. The summed E-state index contributed by atoms with van der Waals surface area (Å²) in [6, 6.07) is 13.6. The number of benzene rings is 2. The minimum atomic E-state index is 1.09. The molecule has 0 unspecified atom stereocenters. The number of rotatable bonds is 3. The molecule has 2 rings (SSSR count). The third-order valence-corrected chi connectivity index (χ3v) is 3.57. The van der Waals surface area contributed by atoms with Gasteiger partial charge < -0.3 is 0 Å². The SMILES string of the molecule is CCc1cc(C)ccc1-c1ccc(C)cc1CC. The molecule has 0 aliphatic carbocycles. The van der Waals surface area contributed by atoms with E-state index in [1.807, 2.05) is 0 Å². The first-order valence-electron chi connectivity index (χ1n) is 6.85. The van der Waals surface area contributed by atoms with Crippen LogP contribution in [0.15, 0.2) is 36.4 Å². The molecule has 0 fully saturated rings. The first kappa shape index (κ1) is 12.9. The van der Waals surface area contributed by atoms with Crippen molar-refractivity contribution in [3.8, 4) is 11.1 Å². The van der Waals surface area contributed by atoms with Crippen molar-refractivity contribution in [2.24, 2.45) is 0 Å². The Balaban J connectivity index is 2.61. The van der Waals surface area contributed by atoms with E-state index in [1.54, 1.807) is 0 Å². The average Bonchev–Trinajstić information content (AvgIpc) is 2.38. The van der Waals surface area contributed by atoms with E-state index >= 15 is 0 Å². The van der Waals surface area contributed by atoms with Crippen molar-refractivity contribution in [3.63, 3.8) is 0 Å². The number of aryl methyl sites for hydroxylation is 4. The Hall–Kier alpha value is -1.56. The molecule has 0 saturated heterocycles. The van der Waals surface area contributed by atoms with Crippen LogP contribution in [0.2, 0.25) is 0 Å². The Morgan fingerprint density at radius 1 is 0.667 bits per heavy atom. The molecule has 0 saturated carbocycles. The van der Waals surface area contributed by atoms with Crippen LogP contribution in [0.5, 0.6) is 0 Å². The zero-order chi connectivity index (χ0) is 13.1. The lowest BCUT2D eigenvalue weighted by Crippen LogP contribution is -1.94. The molecule has 94 valence electrons. The van der Waals surface area contributed by atoms with E-state index in [2.05, 4.69) is 64.1 Å². The lowest BCUT2D eigenvalue weighted by molar-refractivity contribution is 1.11. The van der Waals surface area contributed by atoms with Gasteiger partial charge >= 0.3 is 0 Å². The van der Waals surface area contributed by atoms with Crippen molar-refractivity contribution in [2.75, 3.05) is 0 Å². The van der Waals surface area contributed by atoms with Gasteiger partial charge in [0.25, 0.3) is 0 Å². The summed E-state index contributed by atoms with van der Waals surface area (Å²) in [7, 11) is 0. The summed E-state index contributed by atoms with van der Waals surface area (Å²) in [5, 5.41) is 0. The Kier molecular flexibility index (Phi) is 3.86. The highest BCUT2D eigenvalue weighted by atomic mass is 14.1. The molecule has 0 radical (unpaired) electrons. The van der Waals surface area contributed by atoms with Crippen molar-refractivity contribution in [3.05, 3.63) is 58.7 Å². The van der Waals surface area contributed by atoms with E-state index in [0.717, 1.165) is 12.8 Å². The molecule has 0 heterocycles. The predicted octanol–water partition coefficient (Wildman–Crippen LogP) is 5.10. The highest BCUT2D eigenvalue weighted by Gasteiger charge is 2.08. The summed E-state index contributed by atoms with van der Waals surface area (Å²) in [6.45, 7) is 8.80. The fourth-order valence-electron chi connectivity index (χ4n) is 2.56. The summed E-state index contributed by atoms with van der Waals surface area (Å²) >= 11 is 0. The molecule has 0 heteroatoms. The minimum Gasteiger partial charge on any atom is -0.0613 e. The molecule has 0 atom stereocenters. The van der Waals surface area contributed by atoms with Gasteiger partial charge in [0.15, 0.2) is 0 Å². The second-order valence-electron chi connectivity index (χ2n) is 5.03. The van der Waals surface area contributed by atoms with E-state index < -0.39 is 0 Å². The van der Waals surface area contributed by atoms with E-state index in [-0.39, 0.29) is 0 Å². The van der Waals surface area contributed by atoms with Crippen LogP contribution >= 0.6 is 0 Å². The Labute approximate surface area is 111 Å². The summed E-state index contributed by atoms with van der Waals surface area (Å²) in [5.74, 6) is 0. The summed E-state index contributed by atoms with van der Waals surface area (Å²) in [5.41, 5.74) is 8.41. The van der Waals surface area contributed by atoms with E-state index in [4.69, 9.17) is 0 Å². The molecule has 2 aromatic carbocycles. The lowest BCUT2D eigenvalue weighted by atomic mass is 9.91. The zero-order valence-electron chi connectivity index (χ0n) is 11.9. The Morgan fingerprint density at radius 2 is 1.06 bits per heavy atom. The molecule has 0 aromatic heterocycles. The van der Waals surface area contributed by atoms with Gasteiger partial charge in [0.05, 0.1) is 0 Å². The van der Waals surface area contributed by atoms with Gasteiger partial charge in [0.1, 0.15) is 0 Å². The van der Waals surface area contributed by atoms with Crippen molar-refractivity contribution < 1.29 is 0 Å². The van der Waals surface area contributed by atoms with Crippen LogP contribution in [0.3, 0.4) is 0 Å². The van der Waals surface area contributed by atoms with Gasteiger partial charge in [-0.2, -0.15) is 0 Å². The molecule has 0 N–H and O–H groups in total. The van der Waals surface area contributed by atoms with Gasteiger partial charge in [-0.3, -0.25) is 0 Å². The van der Waals surface area contributed by atoms with Crippen molar-refractivity contribution in [1.29, 1.82) is 0 Å². The lowest BCUT2D eigenvalue weighted by Gasteiger charge is -2.14. The first-order valence-corrected chi connectivity index (χ1v) is 6.85. The van der Waals surface area contributed by atoms with Gasteiger partial charge in [0.2, 0.25) is 0 Å². The second kappa shape index (κ2) is 5.39. The fraction of sp³-hybridized carbons (Fsp3) is 0.333. The van der Waals surface area contributed by atoms with Crippen molar-refractivity contribution >= 4 is 0 Å². The molecule has 0 aliphatic rings. The number of hydrogen-bond donors (Lipinski definition) is 0. The quantitative estimate of drug-likeness (QED) is 0.698. The van der Waals surface area contributed by atoms with Gasteiger partial charge in [-0.05, 0) is 48.9 Å². The molecule has 0 bridgehead atoms. The maximum absolute atomic E-state index is 2.31. The smallest absolute Gasteiger partial charge is 0.0149 e. The average molecular weight is 238 g/mol. The van der Waals surface area contributed by atoms with E-state index in [1.165, 1.54) is 33.4 Å². The van der Waals surface area contributed by atoms with Crippen LogP contribution in [0.4, 0.5) is 0 Å². The highest BCUT2D eigenvalue weighted by Crippen LogP contribution is 2.29. The van der Waals surface area contributed by atoms with Crippen LogP contribution in [0.25, 0.3) is 11.1 Å². The Morgan fingerprint density at radius 3 is 1.39 bits per heavy atom. The molecule has 18 heavy (non-hydrogen) atoms. The van der Waals surface area contributed by atoms with Gasteiger partial charge in [0, 0.05) is 0 Å². The molecule has 0 aliphatic heterocycles. The summed E-state index contributed by atoms with van der Waals surface area (Å²) in [4.78, 5) is 0. The monoisotopic (exact) mass is 238 g/mol. The maximum atomic E-state index is 2.31. The Bertz CT molecular complexity index is 498. The van der Waals surface area contributed by atoms with Crippen LogP contribution in [-0.4, -0.2) is 0 Å². The largest absolute Gasteiger partial charge is 0.0613 e. The topological polar surface area (TPSA) is 0 Å². The minimum absolute atomic E-state index is 1.09. The van der Waals surface area contributed by atoms with Gasteiger partial charge in [-0.1, -0.05) is 61.4 Å². The summed E-state index contributed by atoms with van der Waals surface area (Å²) in [6.07, 6.45) is 2.18. The van der Waals surface area contributed by atoms with Crippen LogP contribution in [0, 0.1) is 13.8 Å². The maximum Gasteiger partial charge on any atom is -0.0149 e. The molecule has 0 amide bonds. The molecular weight excluding hydrogens is 216 g/mol. The van der Waals surface area contributed by atoms with E-state index in [0.29, 0.717) is 0 Å². The van der Waals surface area contributed by atoms with E-state index in [9.17, 15) is 0 Å². The van der Waals surface area contributed by atoms with Gasteiger partial charge in [-0.25, -0.2) is 0 Å². The highest BCUT2D eigenvalue weighted by molar-refractivity contribution is 5.71. The van der Waals surface area contributed by atoms with Crippen molar-refractivity contribution in [1.82, 2.24) is 0 Å². The summed E-state index contributed by atoms with van der Waals surface area (Å²) < 4.78 is 0. The molecule has 2 aromatic rings. The second-order valence-corrected chi connectivity index (χ2v) is 5.03. The van der Waals surface area contributed by atoms with Gasteiger partial charge in [-0.15, -0.1) is 0 Å².